The van der Waals surface area contributed by atoms with E-state index in [1.54, 1.807) is 10.9 Å². The maximum Gasteiger partial charge on any atom is 0.271 e. The summed E-state index contributed by atoms with van der Waals surface area (Å²) in [6, 6.07) is 0. The highest BCUT2D eigenvalue weighted by atomic mass is 32.1. The van der Waals surface area contributed by atoms with Crippen LogP contribution in [0.3, 0.4) is 0 Å². The van der Waals surface area contributed by atoms with Gasteiger partial charge in [-0.15, -0.1) is 11.3 Å². The first-order valence-corrected chi connectivity index (χ1v) is 7.83. The minimum Gasteiger partial charge on any atom is -0.382 e. The van der Waals surface area contributed by atoms with Crippen molar-refractivity contribution in [3.63, 3.8) is 0 Å². The monoisotopic (exact) mass is 295 g/mol. The molecule has 1 N–H and O–H groups in total. The SMILES string of the molecule is CCOCCCNCCn1cnc2c(C)csc2c1=O. The van der Waals surface area contributed by atoms with Crippen LogP contribution in [0.4, 0.5) is 0 Å². The Labute approximate surface area is 122 Å². The van der Waals surface area contributed by atoms with E-state index in [-0.39, 0.29) is 5.56 Å². The second-order valence-corrected chi connectivity index (χ2v) is 5.52. The fraction of sp³-hybridized carbons (Fsp3) is 0.571. The number of ether oxygens (including phenoxy) is 1. The standard InChI is InChI=1S/C14H21N3O2S/c1-3-19-8-4-5-15-6-7-17-10-16-12-11(2)9-20-13(12)14(17)18/h9-10,15H,3-8H2,1-2H3. The molecule has 2 aromatic rings. The van der Waals surface area contributed by atoms with Crippen LogP contribution in [-0.2, 0) is 11.3 Å². The van der Waals surface area contributed by atoms with Crippen LogP contribution in [0.5, 0.6) is 0 Å². The lowest BCUT2D eigenvalue weighted by Gasteiger charge is -2.07. The predicted octanol–water partition coefficient (Wildman–Crippen LogP) is 1.78. The lowest BCUT2D eigenvalue weighted by atomic mass is 10.3. The summed E-state index contributed by atoms with van der Waals surface area (Å²) < 4.78 is 7.69. The predicted molar refractivity (Wildman–Crippen MR) is 82.6 cm³/mol. The molecular formula is C14H21N3O2S. The van der Waals surface area contributed by atoms with Gasteiger partial charge in [0.05, 0.1) is 11.8 Å². The number of fused-ring (bicyclic) bond motifs is 1. The van der Waals surface area contributed by atoms with Gasteiger partial charge in [0.2, 0.25) is 0 Å². The van der Waals surface area contributed by atoms with Crippen molar-refractivity contribution < 1.29 is 4.74 Å². The van der Waals surface area contributed by atoms with Crippen molar-refractivity contribution in [1.82, 2.24) is 14.9 Å². The van der Waals surface area contributed by atoms with Crippen molar-refractivity contribution >= 4 is 21.6 Å². The summed E-state index contributed by atoms with van der Waals surface area (Å²) in [5.41, 5.74) is 1.97. The highest BCUT2D eigenvalue weighted by Gasteiger charge is 2.07. The molecule has 6 heteroatoms. The van der Waals surface area contributed by atoms with Gasteiger partial charge in [-0.25, -0.2) is 4.98 Å². The molecule has 5 nitrogen and oxygen atoms in total. The Kier molecular flexibility index (Phi) is 5.70. The van der Waals surface area contributed by atoms with Crippen LogP contribution in [0.15, 0.2) is 16.5 Å². The Morgan fingerprint density at radius 3 is 3.10 bits per heavy atom. The number of nitrogens with one attached hydrogen (secondary N) is 1. The van der Waals surface area contributed by atoms with Gasteiger partial charge in [-0.1, -0.05) is 0 Å². The molecule has 110 valence electrons. The van der Waals surface area contributed by atoms with E-state index in [1.165, 1.54) is 11.3 Å². The fourth-order valence-electron chi connectivity index (χ4n) is 1.99. The molecule has 20 heavy (non-hydrogen) atoms. The number of hydrogen-bond donors (Lipinski definition) is 1. The average Bonchev–Trinajstić information content (AvgIpc) is 2.82. The van der Waals surface area contributed by atoms with E-state index in [1.807, 2.05) is 19.2 Å². The number of nitrogens with zero attached hydrogens (tertiary/aromatic N) is 2. The normalized spacial score (nSPS) is 11.3. The molecule has 2 rings (SSSR count). The third kappa shape index (κ3) is 3.65. The van der Waals surface area contributed by atoms with E-state index in [4.69, 9.17) is 4.74 Å². The molecule has 0 aliphatic heterocycles. The second-order valence-electron chi connectivity index (χ2n) is 4.64. The van der Waals surface area contributed by atoms with Crippen molar-refractivity contribution in [3.8, 4) is 0 Å². The third-order valence-corrected chi connectivity index (χ3v) is 4.17. The van der Waals surface area contributed by atoms with Crippen molar-refractivity contribution in [3.05, 3.63) is 27.6 Å². The molecule has 0 aliphatic rings. The Hall–Kier alpha value is -1.24. The maximum atomic E-state index is 12.2. The molecule has 0 amide bonds. The van der Waals surface area contributed by atoms with Crippen LogP contribution < -0.4 is 10.9 Å². The molecule has 0 spiro atoms. The summed E-state index contributed by atoms with van der Waals surface area (Å²) in [4.78, 5) is 16.6. The van der Waals surface area contributed by atoms with E-state index < -0.39 is 0 Å². The van der Waals surface area contributed by atoms with Gasteiger partial charge in [-0.3, -0.25) is 9.36 Å². The zero-order valence-corrected chi connectivity index (χ0v) is 12.8. The van der Waals surface area contributed by atoms with Crippen LogP contribution in [0.1, 0.15) is 18.9 Å². The first kappa shape index (κ1) is 15.2. The van der Waals surface area contributed by atoms with Crippen LogP contribution in [0.2, 0.25) is 0 Å². The van der Waals surface area contributed by atoms with Gasteiger partial charge in [-0.2, -0.15) is 0 Å². The van der Waals surface area contributed by atoms with E-state index in [0.29, 0.717) is 6.54 Å². The van der Waals surface area contributed by atoms with Crippen molar-refractivity contribution in [2.24, 2.45) is 0 Å². The van der Waals surface area contributed by atoms with Crippen LogP contribution in [-0.4, -0.2) is 35.9 Å². The average molecular weight is 295 g/mol. The molecule has 0 saturated heterocycles. The summed E-state index contributed by atoms with van der Waals surface area (Å²) in [6.45, 7) is 7.84. The Bertz CT molecular complexity index is 606. The molecule has 2 heterocycles. The van der Waals surface area contributed by atoms with E-state index in [2.05, 4.69) is 10.3 Å². The summed E-state index contributed by atoms with van der Waals surface area (Å²) >= 11 is 1.47. The fourth-order valence-corrected chi connectivity index (χ4v) is 2.94. The molecule has 0 saturated carbocycles. The number of rotatable bonds is 8. The number of hydrogen-bond acceptors (Lipinski definition) is 5. The van der Waals surface area contributed by atoms with Crippen LogP contribution in [0, 0.1) is 6.92 Å². The Morgan fingerprint density at radius 2 is 2.30 bits per heavy atom. The second kappa shape index (κ2) is 7.52. The van der Waals surface area contributed by atoms with Gasteiger partial charge in [0, 0.05) is 26.3 Å². The smallest absolute Gasteiger partial charge is 0.271 e. The van der Waals surface area contributed by atoms with Gasteiger partial charge in [0.15, 0.2) is 0 Å². The highest BCUT2D eigenvalue weighted by molar-refractivity contribution is 7.17. The zero-order valence-electron chi connectivity index (χ0n) is 12.0. The Balaban J connectivity index is 1.84. The van der Waals surface area contributed by atoms with Gasteiger partial charge < -0.3 is 10.1 Å². The lowest BCUT2D eigenvalue weighted by molar-refractivity contribution is 0.145. The molecule has 0 radical (unpaired) electrons. The van der Waals surface area contributed by atoms with E-state index in [0.717, 1.165) is 48.5 Å². The van der Waals surface area contributed by atoms with Crippen molar-refractivity contribution in [2.45, 2.75) is 26.8 Å². The zero-order chi connectivity index (χ0) is 14.4. The molecule has 0 fully saturated rings. The van der Waals surface area contributed by atoms with Gasteiger partial charge in [0.1, 0.15) is 4.70 Å². The summed E-state index contributed by atoms with van der Waals surface area (Å²) in [5, 5.41) is 5.29. The maximum absolute atomic E-state index is 12.2. The molecule has 0 unspecified atom stereocenters. The molecule has 0 aromatic carbocycles. The molecule has 2 aromatic heterocycles. The third-order valence-electron chi connectivity index (χ3n) is 3.10. The number of aromatic nitrogens is 2. The largest absolute Gasteiger partial charge is 0.382 e. The first-order valence-electron chi connectivity index (χ1n) is 6.95. The Morgan fingerprint density at radius 1 is 1.45 bits per heavy atom. The molecule has 0 atom stereocenters. The van der Waals surface area contributed by atoms with Crippen LogP contribution >= 0.6 is 11.3 Å². The van der Waals surface area contributed by atoms with E-state index >= 15 is 0 Å². The topological polar surface area (TPSA) is 56.1 Å². The quantitative estimate of drug-likeness (QED) is 0.754. The van der Waals surface area contributed by atoms with Gasteiger partial charge in [-0.05, 0) is 37.8 Å². The molecular weight excluding hydrogens is 274 g/mol. The van der Waals surface area contributed by atoms with Crippen molar-refractivity contribution in [1.29, 1.82) is 0 Å². The van der Waals surface area contributed by atoms with Gasteiger partial charge in [0.25, 0.3) is 5.56 Å². The van der Waals surface area contributed by atoms with Crippen molar-refractivity contribution in [2.75, 3.05) is 26.3 Å². The number of aryl methyl sites for hydroxylation is 1. The van der Waals surface area contributed by atoms with Gasteiger partial charge >= 0.3 is 0 Å². The molecule has 0 bridgehead atoms. The first-order chi connectivity index (χ1) is 9.74. The minimum absolute atomic E-state index is 0.0595. The summed E-state index contributed by atoms with van der Waals surface area (Å²) in [6.07, 6.45) is 2.64. The lowest BCUT2D eigenvalue weighted by Crippen LogP contribution is -2.27. The molecule has 0 aliphatic carbocycles. The highest BCUT2D eigenvalue weighted by Crippen LogP contribution is 2.19. The summed E-state index contributed by atoms with van der Waals surface area (Å²) in [5.74, 6) is 0. The van der Waals surface area contributed by atoms with Crippen LogP contribution in [0.25, 0.3) is 10.2 Å². The van der Waals surface area contributed by atoms with E-state index in [9.17, 15) is 4.79 Å². The minimum atomic E-state index is 0.0595. The summed E-state index contributed by atoms with van der Waals surface area (Å²) in [7, 11) is 0. The number of thiophene rings is 1.